The Morgan fingerprint density at radius 1 is 1.09 bits per heavy atom. The molecule has 45 heavy (non-hydrogen) atoms. The van der Waals surface area contributed by atoms with E-state index in [-0.39, 0.29) is 13.0 Å². The second-order valence-corrected chi connectivity index (χ2v) is 11.9. The number of pyridine rings is 1. The molecule has 2 N–H and O–H groups in total. The molecule has 2 aliphatic heterocycles. The lowest BCUT2D eigenvalue weighted by Crippen LogP contribution is -2.41. The number of aliphatic carboxylic acids is 1. The van der Waals surface area contributed by atoms with Crippen LogP contribution in [0.5, 0.6) is 5.75 Å². The largest absolute Gasteiger partial charge is 0.497 e. The van der Waals surface area contributed by atoms with Crippen molar-refractivity contribution < 1.29 is 37.7 Å². The summed E-state index contributed by atoms with van der Waals surface area (Å²) in [5.41, 5.74) is 1.43. The van der Waals surface area contributed by atoms with Crippen LogP contribution in [0.1, 0.15) is 54.9 Å². The van der Waals surface area contributed by atoms with E-state index >= 15 is 0 Å². The molecule has 0 spiro atoms. The first-order valence-electron chi connectivity index (χ1n) is 15.2. The van der Waals surface area contributed by atoms with Gasteiger partial charge in [0, 0.05) is 43.4 Å². The molecule has 2 aliphatic rings. The number of carboxylic acids is 1. The quantitative estimate of drug-likeness (QED) is 0.307. The SMILES string of the molecule is COc1ccc2ncc(CN3CCOCC3)c(C(O)CCC3(CC(=O)O)CCN(CC#Cc4c(F)cc(F)cc4F)CC3)c2c1. The van der Waals surface area contributed by atoms with Crippen molar-refractivity contribution in [2.45, 2.75) is 44.8 Å². The zero-order valence-corrected chi connectivity index (χ0v) is 25.3. The summed E-state index contributed by atoms with van der Waals surface area (Å²) < 4.78 is 52.1. The summed E-state index contributed by atoms with van der Waals surface area (Å²) in [6, 6.07) is 6.78. The number of aliphatic hydroxyl groups excluding tert-OH is 1. The molecular formula is C34H38F3N3O5. The number of aliphatic hydroxyl groups is 1. The van der Waals surface area contributed by atoms with E-state index in [1.165, 1.54) is 0 Å². The van der Waals surface area contributed by atoms with Crippen LogP contribution in [-0.2, 0) is 16.1 Å². The predicted molar refractivity (Wildman–Crippen MR) is 162 cm³/mol. The molecule has 2 fully saturated rings. The Morgan fingerprint density at radius 2 is 1.80 bits per heavy atom. The normalized spacial score (nSPS) is 17.9. The standard InChI is InChI=1S/C34H38F3N3O5/c1-44-25-4-5-30-27(19-25)33(23(21-38-30)22-40-13-15-45-16-14-40)31(41)6-7-34(20-32(42)43)8-11-39(12-9-34)10-2-3-26-28(36)17-24(35)18-29(26)37/h4-5,17-19,21,31,41H,6-16,20,22H2,1H3,(H,42,43). The number of ether oxygens (including phenoxy) is 2. The van der Waals surface area contributed by atoms with E-state index in [2.05, 4.69) is 21.7 Å². The van der Waals surface area contributed by atoms with Crippen LogP contribution in [0.2, 0.25) is 0 Å². The van der Waals surface area contributed by atoms with E-state index in [1.54, 1.807) is 7.11 Å². The number of hydrogen-bond donors (Lipinski definition) is 2. The fourth-order valence-electron chi connectivity index (χ4n) is 6.39. The van der Waals surface area contributed by atoms with Gasteiger partial charge in [-0.1, -0.05) is 11.8 Å². The molecule has 11 heteroatoms. The molecule has 0 aliphatic carbocycles. The smallest absolute Gasteiger partial charge is 0.303 e. The van der Waals surface area contributed by atoms with Crippen molar-refractivity contribution >= 4 is 16.9 Å². The number of methoxy groups -OCH3 is 1. The van der Waals surface area contributed by atoms with Gasteiger partial charge in [0.25, 0.3) is 0 Å². The van der Waals surface area contributed by atoms with Gasteiger partial charge in [0.05, 0.1) is 50.5 Å². The molecule has 240 valence electrons. The zero-order chi connectivity index (χ0) is 32.0. The highest BCUT2D eigenvalue weighted by Crippen LogP contribution is 2.42. The Hall–Kier alpha value is -3.69. The summed E-state index contributed by atoms with van der Waals surface area (Å²) in [4.78, 5) is 20.9. The van der Waals surface area contributed by atoms with Crippen LogP contribution < -0.4 is 4.74 Å². The number of nitrogens with zero attached hydrogens (tertiary/aromatic N) is 3. The van der Waals surface area contributed by atoms with Crippen molar-refractivity contribution in [1.82, 2.24) is 14.8 Å². The van der Waals surface area contributed by atoms with E-state index < -0.39 is 40.5 Å². The molecule has 2 saturated heterocycles. The van der Waals surface area contributed by atoms with Crippen LogP contribution in [0.4, 0.5) is 13.2 Å². The highest BCUT2D eigenvalue weighted by Gasteiger charge is 2.37. The second kappa shape index (κ2) is 14.6. The molecule has 2 aromatic carbocycles. The fourth-order valence-corrected chi connectivity index (χ4v) is 6.39. The predicted octanol–water partition coefficient (Wildman–Crippen LogP) is 4.92. The van der Waals surface area contributed by atoms with Gasteiger partial charge in [-0.25, -0.2) is 13.2 Å². The number of piperidine rings is 1. The minimum Gasteiger partial charge on any atom is -0.497 e. The first-order chi connectivity index (χ1) is 21.7. The van der Waals surface area contributed by atoms with E-state index in [0.29, 0.717) is 76.4 Å². The third-order valence-electron chi connectivity index (χ3n) is 8.94. The van der Waals surface area contributed by atoms with Crippen molar-refractivity contribution in [3.8, 4) is 17.6 Å². The van der Waals surface area contributed by atoms with Gasteiger partial charge in [-0.2, -0.15) is 0 Å². The van der Waals surface area contributed by atoms with E-state index in [4.69, 9.17) is 9.47 Å². The van der Waals surface area contributed by atoms with Gasteiger partial charge < -0.3 is 19.7 Å². The van der Waals surface area contributed by atoms with Gasteiger partial charge in [0.2, 0.25) is 0 Å². The zero-order valence-electron chi connectivity index (χ0n) is 25.3. The number of halogens is 3. The first kappa shape index (κ1) is 32.7. The first-order valence-corrected chi connectivity index (χ1v) is 15.2. The van der Waals surface area contributed by atoms with Crippen molar-refractivity contribution in [2.24, 2.45) is 5.41 Å². The molecule has 0 bridgehead atoms. The minimum absolute atomic E-state index is 0.0310. The Kier molecular flexibility index (Phi) is 10.6. The summed E-state index contributed by atoms with van der Waals surface area (Å²) in [6.07, 6.45) is 2.93. The lowest BCUT2D eigenvalue weighted by atomic mass is 9.71. The molecule has 0 saturated carbocycles. The lowest BCUT2D eigenvalue weighted by molar-refractivity contribution is -0.141. The number of rotatable bonds is 10. The number of benzene rings is 2. The highest BCUT2D eigenvalue weighted by molar-refractivity contribution is 5.85. The van der Waals surface area contributed by atoms with Crippen LogP contribution in [-0.4, -0.2) is 84.0 Å². The molecule has 1 atom stereocenters. The average molecular weight is 626 g/mol. The summed E-state index contributed by atoms with van der Waals surface area (Å²) in [5, 5.41) is 22.4. The van der Waals surface area contributed by atoms with Gasteiger partial charge in [0.1, 0.15) is 23.2 Å². The number of morpholine rings is 1. The third kappa shape index (κ3) is 8.13. The monoisotopic (exact) mass is 625 g/mol. The molecule has 1 unspecified atom stereocenters. The van der Waals surface area contributed by atoms with Crippen LogP contribution in [0.15, 0.2) is 36.5 Å². The second-order valence-electron chi connectivity index (χ2n) is 11.9. The average Bonchev–Trinajstić information content (AvgIpc) is 3.02. The molecule has 8 nitrogen and oxygen atoms in total. The topological polar surface area (TPSA) is 95.4 Å². The summed E-state index contributed by atoms with van der Waals surface area (Å²) in [5.74, 6) is 1.89. The molecular weight excluding hydrogens is 587 g/mol. The Morgan fingerprint density at radius 3 is 2.47 bits per heavy atom. The molecule has 3 aromatic rings. The maximum atomic E-state index is 13.9. The lowest BCUT2D eigenvalue weighted by Gasteiger charge is -2.41. The van der Waals surface area contributed by atoms with E-state index in [1.807, 2.05) is 29.3 Å². The number of hydrogen-bond acceptors (Lipinski definition) is 7. The van der Waals surface area contributed by atoms with Gasteiger partial charge in [-0.15, -0.1) is 0 Å². The Balaban J connectivity index is 1.30. The Bertz CT molecular complexity index is 1550. The Labute approximate surface area is 260 Å². The van der Waals surface area contributed by atoms with Gasteiger partial charge in [-0.05, 0) is 73.5 Å². The van der Waals surface area contributed by atoms with Crippen molar-refractivity contribution in [2.75, 3.05) is 53.0 Å². The van der Waals surface area contributed by atoms with Crippen LogP contribution in [0, 0.1) is 34.7 Å². The van der Waals surface area contributed by atoms with Crippen LogP contribution in [0.25, 0.3) is 10.9 Å². The maximum Gasteiger partial charge on any atom is 0.303 e. The number of carbonyl (C=O) groups is 1. The molecule has 0 radical (unpaired) electrons. The maximum absolute atomic E-state index is 13.9. The van der Waals surface area contributed by atoms with Crippen molar-refractivity contribution in [1.29, 1.82) is 0 Å². The molecule has 0 amide bonds. The molecule has 1 aromatic heterocycles. The number of fused-ring (bicyclic) bond motifs is 1. The summed E-state index contributed by atoms with van der Waals surface area (Å²) >= 11 is 0. The summed E-state index contributed by atoms with van der Waals surface area (Å²) in [7, 11) is 1.59. The number of carboxylic acid groups (broad SMARTS) is 1. The minimum atomic E-state index is -1.05. The molecule has 3 heterocycles. The van der Waals surface area contributed by atoms with E-state index in [0.717, 1.165) is 35.1 Å². The van der Waals surface area contributed by atoms with Crippen molar-refractivity contribution in [3.63, 3.8) is 0 Å². The molecule has 5 rings (SSSR count). The van der Waals surface area contributed by atoms with Crippen molar-refractivity contribution in [3.05, 3.63) is 70.7 Å². The number of aromatic nitrogens is 1. The van der Waals surface area contributed by atoms with Crippen LogP contribution in [0.3, 0.4) is 0 Å². The number of likely N-dealkylation sites (tertiary alicyclic amines) is 1. The fraction of sp³-hybridized carbons (Fsp3) is 0.471. The van der Waals surface area contributed by atoms with Gasteiger partial charge in [-0.3, -0.25) is 19.6 Å². The van der Waals surface area contributed by atoms with Gasteiger partial charge >= 0.3 is 5.97 Å². The summed E-state index contributed by atoms with van der Waals surface area (Å²) in [6.45, 7) is 4.79. The van der Waals surface area contributed by atoms with Crippen LogP contribution >= 0.6 is 0 Å². The third-order valence-corrected chi connectivity index (χ3v) is 8.94. The van der Waals surface area contributed by atoms with Gasteiger partial charge in [0.15, 0.2) is 0 Å². The van der Waals surface area contributed by atoms with E-state index in [9.17, 15) is 28.2 Å². The highest BCUT2D eigenvalue weighted by atomic mass is 19.1.